The summed E-state index contributed by atoms with van der Waals surface area (Å²) in [6.45, 7) is 5.61. The Morgan fingerprint density at radius 2 is 1.72 bits per heavy atom. The van der Waals surface area contributed by atoms with Gasteiger partial charge in [0.15, 0.2) is 0 Å². The number of hydrogen-bond donors (Lipinski definition) is 2. The lowest BCUT2D eigenvalue weighted by molar-refractivity contribution is -0.126. The summed E-state index contributed by atoms with van der Waals surface area (Å²) in [4.78, 5) is 23.3. The summed E-state index contributed by atoms with van der Waals surface area (Å²) in [6.07, 6.45) is 0.433. The Kier molecular flexibility index (Phi) is 5.36. The van der Waals surface area contributed by atoms with Crippen LogP contribution in [-0.4, -0.2) is 17.9 Å². The first-order valence-corrected chi connectivity index (χ1v) is 6.14. The smallest absolute Gasteiger partial charge is 0.246 e. The second kappa shape index (κ2) is 6.79. The van der Waals surface area contributed by atoms with Crippen LogP contribution in [0, 0.1) is 5.92 Å². The monoisotopic (exact) mass is 248 g/mol. The molecule has 2 N–H and O–H groups in total. The minimum atomic E-state index is -0.531. The van der Waals surface area contributed by atoms with Crippen molar-refractivity contribution in [2.24, 2.45) is 5.92 Å². The molecule has 0 saturated heterocycles. The quantitative estimate of drug-likeness (QED) is 0.839. The summed E-state index contributed by atoms with van der Waals surface area (Å²) >= 11 is 0. The predicted octanol–water partition coefficient (Wildman–Crippen LogP) is 2.18. The van der Waals surface area contributed by atoms with E-state index in [4.69, 9.17) is 0 Å². The van der Waals surface area contributed by atoms with Gasteiger partial charge in [0.2, 0.25) is 11.8 Å². The largest absolute Gasteiger partial charge is 0.345 e. The first-order valence-electron chi connectivity index (χ1n) is 6.14. The fourth-order valence-corrected chi connectivity index (χ4v) is 1.51. The van der Waals surface area contributed by atoms with E-state index in [-0.39, 0.29) is 17.7 Å². The maximum absolute atomic E-state index is 11.8. The number of nitrogens with one attached hydrogen (secondary N) is 2. The predicted molar refractivity (Wildman–Crippen MR) is 72.1 cm³/mol. The maximum atomic E-state index is 11.8. The lowest BCUT2D eigenvalue weighted by Gasteiger charge is -2.14. The van der Waals surface area contributed by atoms with Crippen LogP contribution in [0.4, 0.5) is 5.69 Å². The van der Waals surface area contributed by atoms with Gasteiger partial charge >= 0.3 is 0 Å². The normalized spacial score (nSPS) is 12.0. The summed E-state index contributed by atoms with van der Waals surface area (Å²) in [5, 5.41) is 5.43. The Morgan fingerprint density at radius 3 is 2.28 bits per heavy atom. The molecule has 0 spiro atoms. The molecule has 0 aliphatic carbocycles. The van der Waals surface area contributed by atoms with Gasteiger partial charge in [0.25, 0.3) is 0 Å². The molecule has 1 aromatic carbocycles. The Balaban J connectivity index is 2.44. The van der Waals surface area contributed by atoms with Gasteiger partial charge in [-0.25, -0.2) is 0 Å². The van der Waals surface area contributed by atoms with Gasteiger partial charge < -0.3 is 10.6 Å². The molecule has 18 heavy (non-hydrogen) atoms. The molecule has 2 amide bonds. The van der Waals surface area contributed by atoms with Gasteiger partial charge in [-0.15, -0.1) is 0 Å². The second-order valence-electron chi connectivity index (χ2n) is 4.74. The van der Waals surface area contributed by atoms with E-state index in [1.165, 1.54) is 0 Å². The molecule has 0 aromatic heterocycles. The molecule has 0 fully saturated rings. The fraction of sp³-hybridized carbons (Fsp3) is 0.429. The number of hydrogen-bond acceptors (Lipinski definition) is 2. The highest BCUT2D eigenvalue weighted by atomic mass is 16.2. The Bertz CT molecular complexity index is 402. The molecular weight excluding hydrogens is 228 g/mol. The molecule has 0 radical (unpaired) electrons. The lowest BCUT2D eigenvalue weighted by atomic mass is 10.1. The van der Waals surface area contributed by atoms with Gasteiger partial charge in [-0.2, -0.15) is 0 Å². The average Bonchev–Trinajstić information content (AvgIpc) is 2.28. The van der Waals surface area contributed by atoms with Crippen molar-refractivity contribution in [3.05, 3.63) is 30.3 Å². The van der Waals surface area contributed by atoms with Crippen LogP contribution in [0.3, 0.4) is 0 Å². The van der Waals surface area contributed by atoms with Crippen LogP contribution in [0.2, 0.25) is 0 Å². The first kappa shape index (κ1) is 14.2. The molecule has 0 heterocycles. The summed E-state index contributed by atoms with van der Waals surface area (Å²) in [5.41, 5.74) is 0.729. The van der Waals surface area contributed by atoms with Crippen molar-refractivity contribution in [2.75, 3.05) is 5.32 Å². The van der Waals surface area contributed by atoms with Crippen LogP contribution in [0.25, 0.3) is 0 Å². The second-order valence-corrected chi connectivity index (χ2v) is 4.74. The molecule has 4 heteroatoms. The third-order valence-electron chi connectivity index (χ3n) is 2.41. The van der Waals surface area contributed by atoms with Crippen LogP contribution in [0.1, 0.15) is 27.2 Å². The SMILES string of the molecule is CC(C)CC(=O)N[C@@H](C)C(=O)Nc1ccccc1. The van der Waals surface area contributed by atoms with Crippen LogP contribution < -0.4 is 10.6 Å². The molecule has 1 atom stereocenters. The number of carbonyl (C=O) groups is 2. The van der Waals surface area contributed by atoms with E-state index < -0.39 is 6.04 Å². The summed E-state index contributed by atoms with van der Waals surface area (Å²) in [7, 11) is 0. The van der Waals surface area contributed by atoms with E-state index in [0.717, 1.165) is 5.69 Å². The molecule has 4 nitrogen and oxygen atoms in total. The Morgan fingerprint density at radius 1 is 1.11 bits per heavy atom. The molecule has 98 valence electrons. The number of benzene rings is 1. The van der Waals surface area contributed by atoms with Gasteiger partial charge in [-0.1, -0.05) is 32.0 Å². The summed E-state index contributed by atoms with van der Waals surface area (Å²) in [6, 6.07) is 8.65. The topological polar surface area (TPSA) is 58.2 Å². The molecular formula is C14H20N2O2. The zero-order valence-corrected chi connectivity index (χ0v) is 11.1. The minimum Gasteiger partial charge on any atom is -0.345 e. The van der Waals surface area contributed by atoms with Crippen LogP contribution in [-0.2, 0) is 9.59 Å². The zero-order valence-electron chi connectivity index (χ0n) is 11.1. The highest BCUT2D eigenvalue weighted by molar-refractivity contribution is 5.96. The van der Waals surface area contributed by atoms with E-state index in [9.17, 15) is 9.59 Å². The summed E-state index contributed by atoms with van der Waals surface area (Å²) < 4.78 is 0. The molecule has 0 bridgehead atoms. The van der Waals surface area contributed by atoms with E-state index >= 15 is 0 Å². The summed E-state index contributed by atoms with van der Waals surface area (Å²) in [5.74, 6) is -0.0200. The van der Waals surface area contributed by atoms with E-state index in [2.05, 4.69) is 10.6 Å². The molecule has 0 unspecified atom stereocenters. The van der Waals surface area contributed by atoms with Gasteiger partial charge in [-0.05, 0) is 25.0 Å². The van der Waals surface area contributed by atoms with Gasteiger partial charge in [0, 0.05) is 12.1 Å². The van der Waals surface area contributed by atoms with Gasteiger partial charge in [0.05, 0.1) is 0 Å². The molecule has 0 aliphatic rings. The highest BCUT2D eigenvalue weighted by Gasteiger charge is 2.15. The molecule has 1 rings (SSSR count). The van der Waals surface area contributed by atoms with Crippen LogP contribution >= 0.6 is 0 Å². The molecule has 0 saturated carbocycles. The lowest BCUT2D eigenvalue weighted by Crippen LogP contribution is -2.41. The highest BCUT2D eigenvalue weighted by Crippen LogP contribution is 2.05. The zero-order chi connectivity index (χ0) is 13.5. The number of amides is 2. The molecule has 0 aliphatic heterocycles. The third kappa shape index (κ3) is 4.99. The van der Waals surface area contributed by atoms with Gasteiger partial charge in [0.1, 0.15) is 6.04 Å². The average molecular weight is 248 g/mol. The van der Waals surface area contributed by atoms with E-state index in [1.807, 2.05) is 32.0 Å². The number of anilines is 1. The van der Waals surface area contributed by atoms with Gasteiger partial charge in [-0.3, -0.25) is 9.59 Å². The van der Waals surface area contributed by atoms with Crippen molar-refractivity contribution < 1.29 is 9.59 Å². The number of carbonyl (C=O) groups excluding carboxylic acids is 2. The Labute approximate surface area is 108 Å². The maximum Gasteiger partial charge on any atom is 0.246 e. The van der Waals surface area contributed by atoms with Crippen molar-refractivity contribution in [1.82, 2.24) is 5.32 Å². The van der Waals surface area contributed by atoms with Crippen LogP contribution in [0.5, 0.6) is 0 Å². The first-order chi connectivity index (χ1) is 8.49. The van der Waals surface area contributed by atoms with Crippen molar-refractivity contribution in [3.8, 4) is 0 Å². The van der Waals surface area contributed by atoms with Crippen molar-refractivity contribution in [3.63, 3.8) is 0 Å². The van der Waals surface area contributed by atoms with Crippen LogP contribution in [0.15, 0.2) is 30.3 Å². The minimum absolute atomic E-state index is 0.0966. The third-order valence-corrected chi connectivity index (χ3v) is 2.41. The van der Waals surface area contributed by atoms with Crippen molar-refractivity contribution in [2.45, 2.75) is 33.2 Å². The molecule has 1 aromatic rings. The number of rotatable bonds is 5. The number of para-hydroxylation sites is 1. The van der Waals surface area contributed by atoms with Crippen molar-refractivity contribution in [1.29, 1.82) is 0 Å². The van der Waals surface area contributed by atoms with E-state index in [0.29, 0.717) is 6.42 Å². The standard InChI is InChI=1S/C14H20N2O2/c1-10(2)9-13(17)15-11(3)14(18)16-12-7-5-4-6-8-12/h4-8,10-11H,9H2,1-3H3,(H,15,17)(H,16,18)/t11-/m0/s1. The van der Waals surface area contributed by atoms with Crippen molar-refractivity contribution >= 4 is 17.5 Å². The van der Waals surface area contributed by atoms with E-state index in [1.54, 1.807) is 19.1 Å². The fourth-order valence-electron chi connectivity index (χ4n) is 1.51. The Hall–Kier alpha value is -1.84.